The van der Waals surface area contributed by atoms with Gasteiger partial charge in [-0.15, -0.1) is 12.4 Å². The molecule has 1 amide bonds. The standard InChI is InChI=1S/C14H13N3O.ClH/c15-9-11-4-3-5-12(8-11)10-17-7-2-1-6-13(16)14(17)18;/h1-8,13H,10,16H2;1H/t13-;/m0./s1. The van der Waals surface area contributed by atoms with Crippen LogP contribution in [0, 0.1) is 11.3 Å². The highest BCUT2D eigenvalue weighted by Gasteiger charge is 2.18. The number of nitriles is 1. The second kappa shape index (κ2) is 6.74. The van der Waals surface area contributed by atoms with Crippen molar-refractivity contribution in [3.63, 3.8) is 0 Å². The van der Waals surface area contributed by atoms with Crippen LogP contribution in [0.25, 0.3) is 0 Å². The molecule has 0 bridgehead atoms. The number of benzene rings is 1. The molecular formula is C14H14ClN3O. The summed E-state index contributed by atoms with van der Waals surface area (Å²) in [4.78, 5) is 13.5. The summed E-state index contributed by atoms with van der Waals surface area (Å²) in [6.45, 7) is 0.417. The molecule has 2 rings (SSSR count). The molecule has 1 atom stereocenters. The Balaban J connectivity index is 0.00000180. The monoisotopic (exact) mass is 275 g/mol. The van der Waals surface area contributed by atoms with E-state index >= 15 is 0 Å². The predicted molar refractivity (Wildman–Crippen MR) is 75.2 cm³/mol. The molecule has 0 saturated heterocycles. The number of rotatable bonds is 2. The molecule has 1 aliphatic heterocycles. The van der Waals surface area contributed by atoms with Gasteiger partial charge >= 0.3 is 0 Å². The van der Waals surface area contributed by atoms with Crippen molar-refractivity contribution in [2.75, 3.05) is 0 Å². The zero-order chi connectivity index (χ0) is 13.0. The van der Waals surface area contributed by atoms with Crippen molar-refractivity contribution in [3.05, 3.63) is 59.8 Å². The van der Waals surface area contributed by atoms with E-state index in [-0.39, 0.29) is 18.3 Å². The van der Waals surface area contributed by atoms with Gasteiger partial charge in [0.15, 0.2) is 0 Å². The minimum absolute atomic E-state index is 0. The third kappa shape index (κ3) is 3.68. The molecule has 0 fully saturated rings. The Bertz CT molecular complexity index is 560. The fraction of sp³-hybridized carbons (Fsp3) is 0.143. The second-order valence-corrected chi connectivity index (χ2v) is 4.03. The van der Waals surface area contributed by atoms with Crippen LogP contribution in [-0.4, -0.2) is 16.8 Å². The Labute approximate surface area is 118 Å². The number of allylic oxidation sites excluding steroid dienone is 2. The lowest BCUT2D eigenvalue weighted by Gasteiger charge is -2.19. The molecule has 5 heteroatoms. The predicted octanol–water partition coefficient (Wildman–Crippen LogP) is 1.72. The van der Waals surface area contributed by atoms with E-state index in [4.69, 9.17) is 11.0 Å². The van der Waals surface area contributed by atoms with Gasteiger partial charge in [-0.3, -0.25) is 4.79 Å². The maximum atomic E-state index is 11.9. The first-order chi connectivity index (χ1) is 8.70. The van der Waals surface area contributed by atoms with E-state index in [1.165, 1.54) is 0 Å². The largest absolute Gasteiger partial charge is 0.317 e. The Morgan fingerprint density at radius 3 is 2.89 bits per heavy atom. The lowest BCUT2D eigenvalue weighted by atomic mass is 10.1. The average Bonchev–Trinajstić information content (AvgIpc) is 2.55. The van der Waals surface area contributed by atoms with Gasteiger partial charge in [-0.2, -0.15) is 5.26 Å². The molecule has 0 aromatic heterocycles. The highest BCUT2D eigenvalue weighted by molar-refractivity contribution is 5.85. The van der Waals surface area contributed by atoms with Crippen molar-refractivity contribution in [1.29, 1.82) is 5.26 Å². The van der Waals surface area contributed by atoms with Crippen molar-refractivity contribution in [1.82, 2.24) is 4.90 Å². The Morgan fingerprint density at radius 2 is 2.16 bits per heavy atom. The summed E-state index contributed by atoms with van der Waals surface area (Å²) in [6, 6.07) is 8.65. The van der Waals surface area contributed by atoms with Gasteiger partial charge in [0.05, 0.1) is 18.2 Å². The molecular weight excluding hydrogens is 262 g/mol. The van der Waals surface area contributed by atoms with E-state index in [1.807, 2.05) is 6.07 Å². The third-order valence-electron chi connectivity index (χ3n) is 2.67. The van der Waals surface area contributed by atoms with Crippen LogP contribution in [0.5, 0.6) is 0 Å². The van der Waals surface area contributed by atoms with Crippen molar-refractivity contribution in [2.45, 2.75) is 12.6 Å². The molecule has 0 unspecified atom stereocenters. The number of halogens is 1. The molecule has 0 aliphatic carbocycles. The van der Waals surface area contributed by atoms with E-state index in [9.17, 15) is 4.79 Å². The number of nitrogens with zero attached hydrogens (tertiary/aromatic N) is 2. The fourth-order valence-corrected chi connectivity index (χ4v) is 1.75. The Kier molecular flexibility index (Phi) is 5.31. The first-order valence-electron chi connectivity index (χ1n) is 5.61. The maximum Gasteiger partial charge on any atom is 0.247 e. The second-order valence-electron chi connectivity index (χ2n) is 4.03. The first-order valence-corrected chi connectivity index (χ1v) is 5.61. The Hall–Kier alpha value is -2.09. The van der Waals surface area contributed by atoms with E-state index in [2.05, 4.69) is 6.07 Å². The number of carbonyl (C=O) groups is 1. The summed E-state index contributed by atoms with van der Waals surface area (Å²) >= 11 is 0. The lowest BCUT2D eigenvalue weighted by molar-refractivity contribution is -0.129. The summed E-state index contributed by atoms with van der Waals surface area (Å²) in [5.74, 6) is -0.151. The molecule has 1 heterocycles. The van der Waals surface area contributed by atoms with Crippen molar-refractivity contribution in [3.8, 4) is 6.07 Å². The van der Waals surface area contributed by atoms with Crippen LogP contribution in [-0.2, 0) is 11.3 Å². The van der Waals surface area contributed by atoms with E-state index in [1.54, 1.807) is 47.5 Å². The van der Waals surface area contributed by atoms with Gasteiger partial charge in [-0.05, 0) is 23.8 Å². The normalized spacial score (nSPS) is 17.6. The number of nitrogens with two attached hydrogens (primary N) is 1. The molecule has 0 spiro atoms. The first kappa shape index (κ1) is 15.0. The van der Waals surface area contributed by atoms with Gasteiger partial charge in [-0.1, -0.05) is 24.3 Å². The minimum atomic E-state index is -0.612. The molecule has 0 saturated carbocycles. The van der Waals surface area contributed by atoms with Crippen LogP contribution >= 0.6 is 12.4 Å². The molecule has 98 valence electrons. The van der Waals surface area contributed by atoms with Crippen molar-refractivity contribution in [2.24, 2.45) is 5.73 Å². The summed E-state index contributed by atoms with van der Waals surface area (Å²) < 4.78 is 0. The van der Waals surface area contributed by atoms with Gasteiger partial charge in [-0.25, -0.2) is 0 Å². The summed E-state index contributed by atoms with van der Waals surface area (Å²) in [7, 11) is 0. The van der Waals surface area contributed by atoms with E-state index in [0.29, 0.717) is 12.1 Å². The zero-order valence-electron chi connectivity index (χ0n) is 10.2. The average molecular weight is 276 g/mol. The quantitative estimate of drug-likeness (QED) is 0.893. The lowest BCUT2D eigenvalue weighted by Crippen LogP contribution is -2.38. The molecule has 19 heavy (non-hydrogen) atoms. The smallest absolute Gasteiger partial charge is 0.247 e. The van der Waals surface area contributed by atoms with Crippen molar-refractivity contribution >= 4 is 18.3 Å². The molecule has 2 N–H and O–H groups in total. The minimum Gasteiger partial charge on any atom is -0.317 e. The topological polar surface area (TPSA) is 70.1 Å². The summed E-state index contributed by atoms with van der Waals surface area (Å²) in [6.07, 6.45) is 6.89. The highest BCUT2D eigenvalue weighted by Crippen LogP contribution is 2.11. The van der Waals surface area contributed by atoms with Crippen LogP contribution < -0.4 is 5.73 Å². The number of hydrogen-bond donors (Lipinski definition) is 1. The van der Waals surface area contributed by atoms with Gasteiger partial charge in [0.1, 0.15) is 6.04 Å². The van der Waals surface area contributed by atoms with Crippen LogP contribution in [0.3, 0.4) is 0 Å². The Morgan fingerprint density at radius 1 is 1.37 bits per heavy atom. The molecule has 1 aromatic carbocycles. The molecule has 4 nitrogen and oxygen atoms in total. The van der Waals surface area contributed by atoms with Gasteiger partial charge in [0, 0.05) is 6.20 Å². The molecule has 1 aromatic rings. The number of carbonyl (C=O) groups excluding carboxylic acids is 1. The van der Waals surface area contributed by atoms with Gasteiger partial charge in [0.2, 0.25) is 5.91 Å². The zero-order valence-corrected chi connectivity index (χ0v) is 11.0. The third-order valence-corrected chi connectivity index (χ3v) is 2.67. The summed E-state index contributed by atoms with van der Waals surface area (Å²) in [5.41, 5.74) is 7.20. The van der Waals surface area contributed by atoms with Crippen LogP contribution in [0.4, 0.5) is 0 Å². The summed E-state index contributed by atoms with van der Waals surface area (Å²) in [5, 5.41) is 8.83. The SMILES string of the molecule is Cl.N#Cc1cccc(CN2C=CC=C[C@H](N)C2=O)c1. The highest BCUT2D eigenvalue weighted by atomic mass is 35.5. The van der Waals surface area contributed by atoms with Gasteiger partial charge < -0.3 is 10.6 Å². The van der Waals surface area contributed by atoms with E-state index < -0.39 is 6.04 Å². The fourth-order valence-electron chi connectivity index (χ4n) is 1.75. The van der Waals surface area contributed by atoms with Crippen LogP contribution in [0.15, 0.2) is 48.7 Å². The van der Waals surface area contributed by atoms with E-state index in [0.717, 1.165) is 5.56 Å². The maximum absolute atomic E-state index is 11.9. The van der Waals surface area contributed by atoms with Gasteiger partial charge in [0.25, 0.3) is 0 Å². The molecule has 0 radical (unpaired) electrons. The van der Waals surface area contributed by atoms with Crippen LogP contribution in [0.1, 0.15) is 11.1 Å². The number of hydrogen-bond acceptors (Lipinski definition) is 3. The molecule has 1 aliphatic rings. The number of amides is 1. The van der Waals surface area contributed by atoms with Crippen LogP contribution in [0.2, 0.25) is 0 Å². The van der Waals surface area contributed by atoms with Crippen molar-refractivity contribution < 1.29 is 4.79 Å².